The number of carbonyl (C=O) groups excluding carboxylic acids is 1. The first-order valence-electron chi connectivity index (χ1n) is 1.82. The van der Waals surface area contributed by atoms with Crippen LogP contribution in [0.1, 0.15) is 13.3 Å². The maximum absolute atomic E-state index is 10.0. The molecule has 2 heteroatoms. The van der Waals surface area contributed by atoms with Gasteiger partial charge in [-0.25, -0.2) is 0 Å². The monoisotopic (exact) mass is 150 g/mol. The molecule has 0 atom stereocenters. The van der Waals surface area contributed by atoms with Gasteiger partial charge in [0, 0.05) is 11.8 Å². The van der Waals surface area contributed by atoms with Gasteiger partial charge in [0.25, 0.3) is 0 Å². The minimum absolute atomic E-state index is 0.242. The standard InChI is InChI=1S/C4H7BrO/c1-4(6)2-3-5/h2-3H2,1H3. The Kier molecular flexibility index (Phi) is 3.43. The lowest BCUT2D eigenvalue weighted by Crippen LogP contribution is -1.87. The molecular weight excluding hydrogens is 144 g/mol. The molecular formula is C4H7BrO. The Morgan fingerprint density at radius 2 is 2.33 bits per heavy atom. The number of hydrogen-bond donors (Lipinski definition) is 0. The summed E-state index contributed by atoms with van der Waals surface area (Å²) in [5, 5.41) is 0.794. The summed E-state index contributed by atoms with van der Waals surface area (Å²) < 4.78 is 0. The quantitative estimate of drug-likeness (QED) is 0.544. The molecule has 0 unspecified atom stereocenters. The normalized spacial score (nSPS) is 8.33. The van der Waals surface area contributed by atoms with Gasteiger partial charge in [-0.2, -0.15) is 0 Å². The molecule has 0 aliphatic carbocycles. The minimum atomic E-state index is 0.242. The van der Waals surface area contributed by atoms with Crippen molar-refractivity contribution in [2.24, 2.45) is 0 Å². The van der Waals surface area contributed by atoms with Gasteiger partial charge in [-0.3, -0.25) is 4.79 Å². The molecule has 0 aromatic carbocycles. The first-order valence-corrected chi connectivity index (χ1v) is 2.95. The lowest BCUT2D eigenvalue weighted by Gasteiger charge is -1.79. The zero-order valence-electron chi connectivity index (χ0n) is 3.70. The van der Waals surface area contributed by atoms with Crippen molar-refractivity contribution in [1.82, 2.24) is 0 Å². The van der Waals surface area contributed by atoms with E-state index in [0.717, 1.165) is 5.33 Å². The van der Waals surface area contributed by atoms with Crippen LogP contribution < -0.4 is 0 Å². The molecule has 0 N–H and O–H groups in total. The van der Waals surface area contributed by atoms with E-state index >= 15 is 0 Å². The highest BCUT2D eigenvalue weighted by Gasteiger charge is 1.84. The molecule has 0 saturated carbocycles. The second kappa shape index (κ2) is 3.34. The largest absolute Gasteiger partial charge is 0.300 e. The molecule has 0 radical (unpaired) electrons. The summed E-state index contributed by atoms with van der Waals surface area (Å²) in [4.78, 5) is 10.0. The number of ketones is 1. The lowest BCUT2D eigenvalue weighted by atomic mass is 10.4. The summed E-state index contributed by atoms with van der Waals surface area (Å²) in [6, 6.07) is 0. The molecule has 0 saturated heterocycles. The Morgan fingerprint density at radius 1 is 1.83 bits per heavy atom. The molecule has 0 spiro atoms. The highest BCUT2D eigenvalue weighted by Crippen LogP contribution is 1.86. The zero-order chi connectivity index (χ0) is 4.99. The van der Waals surface area contributed by atoms with Gasteiger partial charge in [0.05, 0.1) is 0 Å². The van der Waals surface area contributed by atoms with Gasteiger partial charge in [0.15, 0.2) is 0 Å². The maximum Gasteiger partial charge on any atom is 0.130 e. The van der Waals surface area contributed by atoms with Crippen LogP contribution >= 0.6 is 15.9 Å². The highest BCUT2D eigenvalue weighted by atomic mass is 79.9. The van der Waals surface area contributed by atoms with Gasteiger partial charge in [-0.15, -0.1) is 0 Å². The molecule has 0 aromatic rings. The number of hydrogen-bond acceptors (Lipinski definition) is 1. The summed E-state index contributed by atoms with van der Waals surface area (Å²) in [6.45, 7) is 1.58. The molecule has 0 rings (SSSR count). The van der Waals surface area contributed by atoms with Crippen LogP contribution in [-0.4, -0.2) is 11.1 Å². The number of alkyl halides is 1. The molecule has 0 aliphatic rings. The van der Waals surface area contributed by atoms with Crippen molar-refractivity contribution in [3.63, 3.8) is 0 Å². The Bertz CT molecular complexity index is 51.5. The molecule has 36 valence electrons. The summed E-state index contributed by atoms with van der Waals surface area (Å²) in [7, 11) is 0. The van der Waals surface area contributed by atoms with Crippen molar-refractivity contribution in [3.8, 4) is 0 Å². The third-order valence-electron chi connectivity index (χ3n) is 0.447. The van der Waals surface area contributed by atoms with Crippen LogP contribution in [0, 0.1) is 0 Å². The lowest BCUT2D eigenvalue weighted by molar-refractivity contribution is -0.116. The fraction of sp³-hybridized carbons (Fsp3) is 0.750. The molecule has 0 bridgehead atoms. The summed E-state index contributed by atoms with van der Waals surface area (Å²) in [5.74, 6) is 0.242. The fourth-order valence-electron chi connectivity index (χ4n) is 0.133. The Morgan fingerprint density at radius 3 is 2.33 bits per heavy atom. The van der Waals surface area contributed by atoms with Crippen LogP contribution in [0.2, 0.25) is 0 Å². The van der Waals surface area contributed by atoms with Crippen molar-refractivity contribution >= 4 is 21.7 Å². The van der Waals surface area contributed by atoms with E-state index in [1.165, 1.54) is 0 Å². The summed E-state index contributed by atoms with van der Waals surface area (Å²) >= 11 is 3.13. The van der Waals surface area contributed by atoms with Crippen LogP contribution in [0.5, 0.6) is 0 Å². The summed E-state index contributed by atoms with van der Waals surface area (Å²) in [5.41, 5.74) is 0. The van der Waals surface area contributed by atoms with Crippen LogP contribution in [0.25, 0.3) is 0 Å². The van der Waals surface area contributed by atoms with Crippen LogP contribution in [0.4, 0.5) is 0 Å². The van der Waals surface area contributed by atoms with E-state index in [4.69, 9.17) is 0 Å². The number of rotatable bonds is 2. The first-order chi connectivity index (χ1) is 2.77. The van der Waals surface area contributed by atoms with Crippen LogP contribution in [-0.2, 0) is 4.79 Å². The Labute approximate surface area is 45.9 Å². The molecule has 6 heavy (non-hydrogen) atoms. The molecule has 0 aliphatic heterocycles. The average molecular weight is 151 g/mol. The van der Waals surface area contributed by atoms with E-state index in [2.05, 4.69) is 15.9 Å². The smallest absolute Gasteiger partial charge is 0.130 e. The molecule has 1 nitrogen and oxygen atoms in total. The van der Waals surface area contributed by atoms with Gasteiger partial charge < -0.3 is 0 Å². The van der Waals surface area contributed by atoms with Crippen molar-refractivity contribution in [1.29, 1.82) is 0 Å². The third-order valence-corrected chi connectivity index (χ3v) is 0.843. The van der Waals surface area contributed by atoms with E-state index in [9.17, 15) is 4.79 Å². The van der Waals surface area contributed by atoms with Crippen molar-refractivity contribution < 1.29 is 4.79 Å². The van der Waals surface area contributed by atoms with E-state index in [1.54, 1.807) is 6.92 Å². The van der Waals surface area contributed by atoms with E-state index < -0.39 is 0 Å². The predicted molar refractivity (Wildman–Crippen MR) is 29.1 cm³/mol. The van der Waals surface area contributed by atoms with Crippen LogP contribution in [0.3, 0.4) is 0 Å². The number of carbonyl (C=O) groups is 1. The number of halogens is 1. The summed E-state index contributed by atoms with van der Waals surface area (Å²) in [6.07, 6.45) is 0.653. The fourth-order valence-corrected chi connectivity index (χ4v) is 0.691. The Hall–Kier alpha value is 0.150. The molecule has 0 heterocycles. The Balaban J connectivity index is 2.83. The van der Waals surface area contributed by atoms with Crippen molar-refractivity contribution in [2.75, 3.05) is 5.33 Å². The van der Waals surface area contributed by atoms with Gasteiger partial charge in [-0.1, -0.05) is 15.9 Å². The van der Waals surface area contributed by atoms with Gasteiger partial charge in [0.2, 0.25) is 0 Å². The SMILES string of the molecule is CC(=O)CCBr. The predicted octanol–water partition coefficient (Wildman–Crippen LogP) is 1.36. The van der Waals surface area contributed by atoms with E-state index in [0.29, 0.717) is 6.42 Å². The minimum Gasteiger partial charge on any atom is -0.300 e. The molecule has 0 fully saturated rings. The van der Waals surface area contributed by atoms with Gasteiger partial charge in [0.1, 0.15) is 5.78 Å². The zero-order valence-corrected chi connectivity index (χ0v) is 5.29. The number of Topliss-reactive ketones (excluding diaryl/α,β-unsaturated/α-hetero) is 1. The average Bonchev–Trinajstić information content (AvgIpc) is 1.35. The van der Waals surface area contributed by atoms with Crippen molar-refractivity contribution in [3.05, 3.63) is 0 Å². The maximum atomic E-state index is 10.0. The molecule has 0 amide bonds. The topological polar surface area (TPSA) is 17.1 Å². The third kappa shape index (κ3) is 4.15. The van der Waals surface area contributed by atoms with Gasteiger partial charge in [-0.05, 0) is 6.92 Å². The van der Waals surface area contributed by atoms with E-state index in [-0.39, 0.29) is 5.78 Å². The van der Waals surface area contributed by atoms with E-state index in [1.807, 2.05) is 0 Å². The molecule has 0 aromatic heterocycles. The first kappa shape index (κ1) is 6.15. The second-order valence-corrected chi connectivity index (χ2v) is 1.93. The van der Waals surface area contributed by atoms with Crippen LogP contribution in [0.15, 0.2) is 0 Å². The van der Waals surface area contributed by atoms with Crippen molar-refractivity contribution in [2.45, 2.75) is 13.3 Å². The second-order valence-electron chi connectivity index (χ2n) is 1.14. The van der Waals surface area contributed by atoms with Gasteiger partial charge >= 0.3 is 0 Å². The highest BCUT2D eigenvalue weighted by molar-refractivity contribution is 9.09.